The summed E-state index contributed by atoms with van der Waals surface area (Å²) in [7, 11) is -3.45. The second kappa shape index (κ2) is 5.68. The first kappa shape index (κ1) is 14.0. The van der Waals surface area contributed by atoms with Gasteiger partial charge in [0.2, 0.25) is 15.9 Å². The Labute approximate surface area is 112 Å². The van der Waals surface area contributed by atoms with Crippen molar-refractivity contribution in [1.82, 2.24) is 15.4 Å². The van der Waals surface area contributed by atoms with Gasteiger partial charge in [-0.15, -0.1) is 0 Å². The molecule has 1 fully saturated rings. The van der Waals surface area contributed by atoms with E-state index >= 15 is 0 Å². The molecule has 0 spiro atoms. The predicted octanol–water partition coefficient (Wildman–Crippen LogP) is -0.427. The fourth-order valence-electron chi connectivity index (χ4n) is 1.67. The van der Waals surface area contributed by atoms with E-state index < -0.39 is 10.0 Å². The van der Waals surface area contributed by atoms with Gasteiger partial charge in [0.15, 0.2) is 0 Å². The van der Waals surface area contributed by atoms with Crippen molar-refractivity contribution in [3.8, 4) is 0 Å². The van der Waals surface area contributed by atoms with Crippen LogP contribution in [0.25, 0.3) is 0 Å². The highest BCUT2D eigenvalue weighted by atomic mass is 32.2. The minimum atomic E-state index is -3.45. The van der Waals surface area contributed by atoms with Gasteiger partial charge in [-0.1, -0.05) is 12.1 Å². The van der Waals surface area contributed by atoms with Crippen LogP contribution in [-0.4, -0.2) is 33.5 Å². The summed E-state index contributed by atoms with van der Waals surface area (Å²) in [6.07, 6.45) is 0. The van der Waals surface area contributed by atoms with Crippen LogP contribution in [0.4, 0.5) is 0 Å². The molecule has 1 aromatic rings. The normalized spacial score (nSPS) is 15.8. The van der Waals surface area contributed by atoms with Crippen LogP contribution in [0.3, 0.4) is 0 Å². The standard InChI is InChI=1S/C12H17N3O3S/c1-9(16)14-6-10-2-4-12(5-3-10)19(17,18)15-11-7-13-8-11/h2-5,11,13,15H,6-8H2,1H3,(H,14,16). The third-order valence-electron chi connectivity index (χ3n) is 2.88. The SMILES string of the molecule is CC(=O)NCc1ccc(S(=O)(=O)NC2CNC2)cc1. The van der Waals surface area contributed by atoms with Crippen LogP contribution < -0.4 is 15.4 Å². The number of rotatable bonds is 5. The minimum Gasteiger partial charge on any atom is -0.352 e. The fraction of sp³-hybridized carbons (Fsp3) is 0.417. The predicted molar refractivity (Wildman–Crippen MR) is 70.9 cm³/mol. The summed E-state index contributed by atoms with van der Waals surface area (Å²) in [6, 6.07) is 6.47. The number of sulfonamides is 1. The zero-order valence-corrected chi connectivity index (χ0v) is 11.5. The van der Waals surface area contributed by atoms with Gasteiger partial charge in [-0.3, -0.25) is 4.79 Å². The maximum absolute atomic E-state index is 12.0. The van der Waals surface area contributed by atoms with Gasteiger partial charge in [0.25, 0.3) is 0 Å². The van der Waals surface area contributed by atoms with Crippen molar-refractivity contribution in [3.05, 3.63) is 29.8 Å². The van der Waals surface area contributed by atoms with Crippen molar-refractivity contribution in [1.29, 1.82) is 0 Å². The maximum atomic E-state index is 12.0. The second-order valence-corrected chi connectivity index (χ2v) is 6.24. The van der Waals surface area contributed by atoms with Crippen molar-refractivity contribution < 1.29 is 13.2 Å². The Bertz CT molecular complexity index is 550. The van der Waals surface area contributed by atoms with Crippen molar-refractivity contribution in [2.24, 2.45) is 0 Å². The summed E-state index contributed by atoms with van der Waals surface area (Å²) in [5, 5.41) is 5.66. The average Bonchev–Trinajstić information content (AvgIpc) is 2.32. The van der Waals surface area contributed by atoms with Gasteiger partial charge >= 0.3 is 0 Å². The molecule has 1 aromatic carbocycles. The molecule has 1 saturated heterocycles. The molecular weight excluding hydrogens is 266 g/mol. The molecular formula is C12H17N3O3S. The smallest absolute Gasteiger partial charge is 0.240 e. The molecule has 0 saturated carbocycles. The van der Waals surface area contributed by atoms with E-state index in [2.05, 4.69) is 15.4 Å². The van der Waals surface area contributed by atoms with E-state index in [-0.39, 0.29) is 16.8 Å². The number of carbonyl (C=O) groups is 1. The number of nitrogens with one attached hydrogen (secondary N) is 3. The van der Waals surface area contributed by atoms with E-state index in [0.717, 1.165) is 5.56 Å². The van der Waals surface area contributed by atoms with Gasteiger partial charge in [-0.25, -0.2) is 13.1 Å². The van der Waals surface area contributed by atoms with Crippen LogP contribution in [0.1, 0.15) is 12.5 Å². The van der Waals surface area contributed by atoms with Crippen molar-refractivity contribution in [3.63, 3.8) is 0 Å². The lowest BCUT2D eigenvalue weighted by molar-refractivity contribution is -0.119. The molecule has 1 amide bonds. The third-order valence-corrected chi connectivity index (χ3v) is 4.41. The Hall–Kier alpha value is -1.44. The largest absolute Gasteiger partial charge is 0.352 e. The molecule has 0 bridgehead atoms. The van der Waals surface area contributed by atoms with Gasteiger partial charge in [-0.05, 0) is 17.7 Å². The molecule has 2 rings (SSSR count). The number of carbonyl (C=O) groups excluding carboxylic acids is 1. The first-order valence-electron chi connectivity index (χ1n) is 6.04. The number of benzene rings is 1. The monoisotopic (exact) mass is 283 g/mol. The number of amides is 1. The molecule has 0 atom stereocenters. The van der Waals surface area contributed by atoms with E-state index in [0.29, 0.717) is 19.6 Å². The zero-order chi connectivity index (χ0) is 13.9. The topological polar surface area (TPSA) is 87.3 Å². The summed E-state index contributed by atoms with van der Waals surface area (Å²) < 4.78 is 26.6. The number of hydrogen-bond donors (Lipinski definition) is 3. The average molecular weight is 283 g/mol. The Kier molecular flexibility index (Phi) is 4.18. The second-order valence-electron chi connectivity index (χ2n) is 4.53. The highest BCUT2D eigenvalue weighted by molar-refractivity contribution is 7.89. The van der Waals surface area contributed by atoms with E-state index in [1.54, 1.807) is 24.3 Å². The first-order chi connectivity index (χ1) is 8.97. The first-order valence-corrected chi connectivity index (χ1v) is 7.52. The Balaban J connectivity index is 2.02. The molecule has 6 nitrogen and oxygen atoms in total. The lowest BCUT2D eigenvalue weighted by atomic mass is 10.2. The van der Waals surface area contributed by atoms with E-state index in [4.69, 9.17) is 0 Å². The van der Waals surface area contributed by atoms with Crippen LogP contribution in [0, 0.1) is 0 Å². The molecule has 0 aliphatic carbocycles. The highest BCUT2D eigenvalue weighted by Crippen LogP contribution is 2.11. The van der Waals surface area contributed by atoms with Crippen LogP contribution in [0.2, 0.25) is 0 Å². The molecule has 0 aromatic heterocycles. The lowest BCUT2D eigenvalue weighted by Gasteiger charge is -2.27. The highest BCUT2D eigenvalue weighted by Gasteiger charge is 2.24. The molecule has 19 heavy (non-hydrogen) atoms. The molecule has 7 heteroatoms. The third kappa shape index (κ3) is 3.76. The van der Waals surface area contributed by atoms with Crippen molar-refractivity contribution in [2.75, 3.05) is 13.1 Å². The molecule has 1 aliphatic heterocycles. The lowest BCUT2D eigenvalue weighted by Crippen LogP contribution is -2.56. The minimum absolute atomic E-state index is 0.0240. The summed E-state index contributed by atoms with van der Waals surface area (Å²) in [6.45, 7) is 3.17. The molecule has 3 N–H and O–H groups in total. The summed E-state index contributed by atoms with van der Waals surface area (Å²) in [4.78, 5) is 11.0. The summed E-state index contributed by atoms with van der Waals surface area (Å²) in [5.74, 6) is -0.115. The molecule has 0 radical (unpaired) electrons. The summed E-state index contributed by atoms with van der Waals surface area (Å²) in [5.41, 5.74) is 0.861. The Morgan fingerprint density at radius 1 is 1.32 bits per heavy atom. The molecule has 104 valence electrons. The Morgan fingerprint density at radius 3 is 2.42 bits per heavy atom. The molecule has 0 unspecified atom stereocenters. The molecule has 1 heterocycles. The molecule has 1 aliphatic rings. The fourth-order valence-corrected chi connectivity index (χ4v) is 2.91. The van der Waals surface area contributed by atoms with Gasteiger partial charge < -0.3 is 10.6 Å². The number of hydrogen-bond acceptors (Lipinski definition) is 4. The van der Waals surface area contributed by atoms with Crippen molar-refractivity contribution in [2.45, 2.75) is 24.4 Å². The zero-order valence-electron chi connectivity index (χ0n) is 10.6. The van der Waals surface area contributed by atoms with E-state index in [9.17, 15) is 13.2 Å². The van der Waals surface area contributed by atoms with E-state index in [1.807, 2.05) is 0 Å². The maximum Gasteiger partial charge on any atom is 0.240 e. The van der Waals surface area contributed by atoms with Crippen LogP contribution >= 0.6 is 0 Å². The van der Waals surface area contributed by atoms with Crippen LogP contribution in [0.5, 0.6) is 0 Å². The van der Waals surface area contributed by atoms with Gasteiger partial charge in [0.1, 0.15) is 0 Å². The van der Waals surface area contributed by atoms with Gasteiger partial charge in [0.05, 0.1) is 4.90 Å². The van der Waals surface area contributed by atoms with E-state index in [1.165, 1.54) is 6.92 Å². The van der Waals surface area contributed by atoms with Crippen molar-refractivity contribution >= 4 is 15.9 Å². The Morgan fingerprint density at radius 2 is 1.95 bits per heavy atom. The summed E-state index contributed by atoms with van der Waals surface area (Å²) >= 11 is 0. The van der Waals surface area contributed by atoms with Crippen LogP contribution in [-0.2, 0) is 21.4 Å². The van der Waals surface area contributed by atoms with Crippen LogP contribution in [0.15, 0.2) is 29.2 Å². The van der Waals surface area contributed by atoms with Gasteiger partial charge in [-0.2, -0.15) is 0 Å². The van der Waals surface area contributed by atoms with Gasteiger partial charge in [0, 0.05) is 32.6 Å². The quantitative estimate of drug-likeness (QED) is 0.684.